The molecular formula is C19H21ClN2O2. The Morgan fingerprint density at radius 3 is 1.88 bits per heavy atom. The van der Waals surface area contributed by atoms with Gasteiger partial charge in [0.1, 0.15) is 0 Å². The van der Waals surface area contributed by atoms with Crippen molar-refractivity contribution < 1.29 is 9.59 Å². The lowest BCUT2D eigenvalue weighted by Crippen LogP contribution is -2.15. The van der Waals surface area contributed by atoms with Crippen molar-refractivity contribution in [3.63, 3.8) is 0 Å². The Hall–Kier alpha value is -2.33. The van der Waals surface area contributed by atoms with Crippen molar-refractivity contribution >= 4 is 34.8 Å². The van der Waals surface area contributed by atoms with Gasteiger partial charge in [-0.1, -0.05) is 37.6 Å². The van der Waals surface area contributed by atoms with E-state index in [1.165, 1.54) is 0 Å². The summed E-state index contributed by atoms with van der Waals surface area (Å²) in [6.45, 7) is 4.00. The first-order chi connectivity index (χ1) is 11.4. The van der Waals surface area contributed by atoms with Crippen LogP contribution >= 0.6 is 11.6 Å². The van der Waals surface area contributed by atoms with Gasteiger partial charge in [-0.15, -0.1) is 0 Å². The van der Waals surface area contributed by atoms with Crippen molar-refractivity contribution in [1.29, 1.82) is 0 Å². The highest BCUT2D eigenvalue weighted by molar-refractivity contribution is 6.30. The Labute approximate surface area is 147 Å². The molecule has 0 aliphatic carbocycles. The van der Waals surface area contributed by atoms with E-state index in [0.29, 0.717) is 23.0 Å². The van der Waals surface area contributed by atoms with E-state index >= 15 is 0 Å². The highest BCUT2D eigenvalue weighted by Crippen LogP contribution is 2.15. The third-order valence-corrected chi connectivity index (χ3v) is 3.58. The summed E-state index contributed by atoms with van der Waals surface area (Å²) in [7, 11) is 0. The van der Waals surface area contributed by atoms with E-state index in [9.17, 15) is 9.59 Å². The van der Waals surface area contributed by atoms with Crippen molar-refractivity contribution in [1.82, 2.24) is 0 Å². The van der Waals surface area contributed by atoms with Gasteiger partial charge in [0.15, 0.2) is 0 Å². The smallest absolute Gasteiger partial charge is 0.228 e. The summed E-state index contributed by atoms with van der Waals surface area (Å²) in [6.07, 6.45) is 0.767. The molecule has 0 saturated heterocycles. The molecule has 126 valence electrons. The fraction of sp³-hybridized carbons (Fsp3) is 0.263. The number of rotatable bonds is 6. The van der Waals surface area contributed by atoms with Crippen LogP contribution in [0.25, 0.3) is 0 Å². The van der Waals surface area contributed by atoms with E-state index in [1.807, 2.05) is 26.0 Å². The van der Waals surface area contributed by atoms with Crippen LogP contribution in [-0.2, 0) is 16.0 Å². The van der Waals surface area contributed by atoms with Crippen LogP contribution in [0.3, 0.4) is 0 Å². The molecule has 24 heavy (non-hydrogen) atoms. The molecule has 0 saturated carbocycles. The number of anilines is 2. The SMILES string of the molecule is CC(C)CC(=O)Nc1ccc(NC(=O)Cc2ccc(Cl)cc2)cc1. The van der Waals surface area contributed by atoms with Crippen molar-refractivity contribution in [2.24, 2.45) is 5.92 Å². The van der Waals surface area contributed by atoms with Gasteiger partial charge in [-0.05, 0) is 47.9 Å². The van der Waals surface area contributed by atoms with Crippen LogP contribution in [0.5, 0.6) is 0 Å². The zero-order chi connectivity index (χ0) is 17.5. The molecule has 2 rings (SSSR count). The zero-order valence-electron chi connectivity index (χ0n) is 13.8. The van der Waals surface area contributed by atoms with E-state index in [-0.39, 0.29) is 18.2 Å². The summed E-state index contributed by atoms with van der Waals surface area (Å²) < 4.78 is 0. The van der Waals surface area contributed by atoms with Crippen molar-refractivity contribution in [3.05, 3.63) is 59.1 Å². The highest BCUT2D eigenvalue weighted by atomic mass is 35.5. The highest BCUT2D eigenvalue weighted by Gasteiger charge is 2.07. The van der Waals surface area contributed by atoms with Crippen molar-refractivity contribution in [2.45, 2.75) is 26.7 Å². The molecule has 0 fully saturated rings. The van der Waals surface area contributed by atoms with Crippen molar-refractivity contribution in [3.8, 4) is 0 Å². The summed E-state index contributed by atoms with van der Waals surface area (Å²) in [5, 5.41) is 6.32. The van der Waals surface area contributed by atoms with E-state index in [0.717, 1.165) is 11.3 Å². The lowest BCUT2D eigenvalue weighted by molar-refractivity contribution is -0.117. The lowest BCUT2D eigenvalue weighted by atomic mass is 10.1. The molecule has 4 nitrogen and oxygen atoms in total. The zero-order valence-corrected chi connectivity index (χ0v) is 14.6. The van der Waals surface area contributed by atoms with Crippen LogP contribution in [0, 0.1) is 5.92 Å². The van der Waals surface area contributed by atoms with Gasteiger partial charge < -0.3 is 10.6 Å². The Morgan fingerprint density at radius 2 is 1.38 bits per heavy atom. The maximum atomic E-state index is 12.0. The average molecular weight is 345 g/mol. The number of nitrogens with one attached hydrogen (secondary N) is 2. The number of halogens is 1. The van der Waals surface area contributed by atoms with Crippen LogP contribution in [0.2, 0.25) is 5.02 Å². The summed E-state index contributed by atoms with van der Waals surface area (Å²) in [6, 6.07) is 14.3. The fourth-order valence-corrected chi connectivity index (χ4v) is 2.34. The predicted molar refractivity (Wildman–Crippen MR) is 98.3 cm³/mol. The molecule has 2 N–H and O–H groups in total. The summed E-state index contributed by atoms with van der Waals surface area (Å²) in [4.78, 5) is 23.8. The summed E-state index contributed by atoms with van der Waals surface area (Å²) >= 11 is 5.83. The number of amides is 2. The van der Waals surface area contributed by atoms with Crippen LogP contribution in [0.15, 0.2) is 48.5 Å². The second-order valence-corrected chi connectivity index (χ2v) is 6.51. The van der Waals surface area contributed by atoms with E-state index in [4.69, 9.17) is 11.6 Å². The largest absolute Gasteiger partial charge is 0.326 e. The van der Waals surface area contributed by atoms with E-state index in [1.54, 1.807) is 36.4 Å². The second kappa shape index (κ2) is 8.50. The Kier molecular flexibility index (Phi) is 6.38. The van der Waals surface area contributed by atoms with Crippen molar-refractivity contribution in [2.75, 3.05) is 10.6 Å². The summed E-state index contributed by atoms with van der Waals surface area (Å²) in [5.74, 6) is 0.204. The quantitative estimate of drug-likeness (QED) is 0.810. The molecule has 2 amide bonds. The van der Waals surface area contributed by atoms with E-state index in [2.05, 4.69) is 10.6 Å². The molecule has 5 heteroatoms. The van der Waals surface area contributed by atoms with Gasteiger partial charge in [0.2, 0.25) is 11.8 Å². The number of benzene rings is 2. The second-order valence-electron chi connectivity index (χ2n) is 6.07. The Balaban J connectivity index is 1.87. The van der Waals surface area contributed by atoms with Gasteiger partial charge in [-0.2, -0.15) is 0 Å². The predicted octanol–water partition coefficient (Wildman–Crippen LogP) is 4.51. The number of carbonyl (C=O) groups is 2. The molecule has 0 heterocycles. The van der Waals surface area contributed by atoms with Gasteiger partial charge in [0, 0.05) is 22.8 Å². The van der Waals surface area contributed by atoms with Gasteiger partial charge in [-0.25, -0.2) is 0 Å². The number of carbonyl (C=O) groups excluding carboxylic acids is 2. The molecule has 0 radical (unpaired) electrons. The molecule has 0 aromatic heterocycles. The molecule has 2 aromatic rings. The number of hydrogen-bond acceptors (Lipinski definition) is 2. The maximum Gasteiger partial charge on any atom is 0.228 e. The van der Waals surface area contributed by atoms with Crippen LogP contribution in [0.4, 0.5) is 11.4 Å². The average Bonchev–Trinajstić information content (AvgIpc) is 2.51. The van der Waals surface area contributed by atoms with Gasteiger partial charge in [0.05, 0.1) is 6.42 Å². The molecule has 0 aliphatic heterocycles. The third-order valence-electron chi connectivity index (χ3n) is 3.32. The first-order valence-corrected chi connectivity index (χ1v) is 8.24. The molecule has 2 aromatic carbocycles. The van der Waals surface area contributed by atoms with E-state index < -0.39 is 0 Å². The molecule has 0 unspecified atom stereocenters. The minimum atomic E-state index is -0.103. The Bertz CT molecular complexity index is 694. The standard InChI is InChI=1S/C19H21ClN2O2/c1-13(2)11-18(23)21-16-7-9-17(10-8-16)22-19(24)12-14-3-5-15(20)6-4-14/h3-10,13H,11-12H2,1-2H3,(H,21,23)(H,22,24). The molecular weight excluding hydrogens is 324 g/mol. The van der Waals surface area contributed by atoms with Gasteiger partial charge in [0.25, 0.3) is 0 Å². The topological polar surface area (TPSA) is 58.2 Å². The third kappa shape index (κ3) is 6.05. The minimum absolute atomic E-state index is 0.00970. The van der Waals surface area contributed by atoms with Crippen LogP contribution < -0.4 is 10.6 Å². The first kappa shape index (κ1) is 18.0. The number of hydrogen-bond donors (Lipinski definition) is 2. The lowest BCUT2D eigenvalue weighted by Gasteiger charge is -2.09. The Morgan fingerprint density at radius 1 is 0.875 bits per heavy atom. The normalized spacial score (nSPS) is 10.5. The molecule has 0 aliphatic rings. The fourth-order valence-electron chi connectivity index (χ4n) is 2.21. The summed E-state index contributed by atoms with van der Waals surface area (Å²) in [5.41, 5.74) is 2.31. The molecule has 0 atom stereocenters. The molecule has 0 spiro atoms. The van der Waals surface area contributed by atoms with Crippen LogP contribution in [0.1, 0.15) is 25.8 Å². The van der Waals surface area contributed by atoms with Gasteiger partial charge in [-0.3, -0.25) is 9.59 Å². The van der Waals surface area contributed by atoms with Crippen LogP contribution in [-0.4, -0.2) is 11.8 Å². The molecule has 0 bridgehead atoms. The van der Waals surface area contributed by atoms with Gasteiger partial charge >= 0.3 is 0 Å². The monoisotopic (exact) mass is 344 g/mol. The minimum Gasteiger partial charge on any atom is -0.326 e. The first-order valence-electron chi connectivity index (χ1n) is 7.86. The maximum absolute atomic E-state index is 12.0.